The van der Waals surface area contributed by atoms with Gasteiger partial charge in [0.2, 0.25) is 0 Å². The first-order chi connectivity index (χ1) is 11.5. The Morgan fingerprint density at radius 2 is 1.12 bits per heavy atom. The van der Waals surface area contributed by atoms with E-state index < -0.39 is 5.97 Å². The van der Waals surface area contributed by atoms with Crippen LogP contribution in [0.1, 0.15) is 15.9 Å². The molecule has 0 aliphatic rings. The third-order valence-electron chi connectivity index (χ3n) is 3.85. The van der Waals surface area contributed by atoms with Crippen molar-refractivity contribution < 1.29 is 20.1 Å². The number of rotatable bonds is 3. The van der Waals surface area contributed by atoms with Gasteiger partial charge >= 0.3 is 5.97 Å². The molecule has 0 bridgehead atoms. The van der Waals surface area contributed by atoms with E-state index >= 15 is 0 Å². The van der Waals surface area contributed by atoms with Crippen molar-refractivity contribution in [3.05, 3.63) is 71.8 Å². The van der Waals surface area contributed by atoms with E-state index in [-0.39, 0.29) is 17.1 Å². The lowest BCUT2D eigenvalue weighted by Gasteiger charge is -2.14. The maximum atomic E-state index is 11.9. The van der Waals surface area contributed by atoms with Gasteiger partial charge in [0.25, 0.3) is 0 Å². The number of hydrogen-bond acceptors (Lipinski definition) is 3. The molecule has 0 saturated carbocycles. The molecule has 0 heterocycles. The van der Waals surface area contributed by atoms with Crippen molar-refractivity contribution in [2.45, 2.75) is 6.92 Å². The molecule has 0 atom stereocenters. The zero-order chi connectivity index (χ0) is 17.3. The summed E-state index contributed by atoms with van der Waals surface area (Å²) in [6.45, 7) is 1.90. The molecule has 120 valence electrons. The van der Waals surface area contributed by atoms with Crippen LogP contribution >= 0.6 is 0 Å². The molecule has 4 heteroatoms. The second kappa shape index (κ2) is 6.08. The number of aromatic hydroxyl groups is 2. The van der Waals surface area contributed by atoms with Crippen molar-refractivity contribution in [2.75, 3.05) is 0 Å². The Kier molecular flexibility index (Phi) is 3.96. The predicted octanol–water partition coefficient (Wildman–Crippen LogP) is 4.44. The maximum Gasteiger partial charge on any atom is 0.336 e. The number of carbonyl (C=O) groups is 1. The first-order valence-corrected chi connectivity index (χ1v) is 7.42. The molecular formula is C20H16O4. The molecule has 3 rings (SSSR count). The van der Waals surface area contributed by atoms with Crippen LogP contribution in [0, 0.1) is 6.92 Å². The van der Waals surface area contributed by atoms with Gasteiger partial charge in [0.05, 0.1) is 5.56 Å². The molecule has 0 amide bonds. The number of aromatic carboxylic acids is 1. The Bertz CT molecular complexity index is 827. The molecule has 4 nitrogen and oxygen atoms in total. The molecule has 24 heavy (non-hydrogen) atoms. The molecule has 0 aliphatic carbocycles. The van der Waals surface area contributed by atoms with Crippen LogP contribution in [0.3, 0.4) is 0 Å². The average Bonchev–Trinajstić information content (AvgIpc) is 2.55. The Morgan fingerprint density at radius 3 is 1.46 bits per heavy atom. The average molecular weight is 320 g/mol. The minimum absolute atomic E-state index is 0.127. The van der Waals surface area contributed by atoms with E-state index in [0.29, 0.717) is 22.3 Å². The van der Waals surface area contributed by atoms with Crippen molar-refractivity contribution in [2.24, 2.45) is 0 Å². The monoisotopic (exact) mass is 320 g/mol. The van der Waals surface area contributed by atoms with Gasteiger partial charge in [-0.3, -0.25) is 0 Å². The third-order valence-corrected chi connectivity index (χ3v) is 3.85. The molecule has 0 spiro atoms. The number of carboxylic acids is 1. The lowest BCUT2D eigenvalue weighted by molar-refractivity contribution is 0.0698. The first-order valence-electron chi connectivity index (χ1n) is 7.42. The first kappa shape index (κ1) is 15.6. The zero-order valence-corrected chi connectivity index (χ0v) is 13.0. The normalized spacial score (nSPS) is 10.5. The van der Waals surface area contributed by atoms with Gasteiger partial charge < -0.3 is 15.3 Å². The van der Waals surface area contributed by atoms with E-state index in [9.17, 15) is 20.1 Å². The highest BCUT2D eigenvalue weighted by molar-refractivity contribution is 6.03. The predicted molar refractivity (Wildman–Crippen MR) is 92.3 cm³/mol. The van der Waals surface area contributed by atoms with E-state index in [1.807, 2.05) is 19.1 Å². The number of aryl methyl sites for hydroxylation is 1. The van der Waals surface area contributed by atoms with Crippen LogP contribution in [0.2, 0.25) is 0 Å². The summed E-state index contributed by atoms with van der Waals surface area (Å²) in [7, 11) is 0. The van der Waals surface area contributed by atoms with Crippen molar-refractivity contribution in [1.82, 2.24) is 0 Å². The van der Waals surface area contributed by atoms with Crippen LogP contribution in [0.25, 0.3) is 22.3 Å². The zero-order valence-electron chi connectivity index (χ0n) is 13.0. The molecule has 3 N–H and O–H groups in total. The summed E-state index contributed by atoms with van der Waals surface area (Å²) < 4.78 is 0. The fourth-order valence-electron chi connectivity index (χ4n) is 2.75. The highest BCUT2D eigenvalue weighted by Gasteiger charge is 2.19. The van der Waals surface area contributed by atoms with Crippen LogP contribution in [0.15, 0.2) is 60.7 Å². The molecule has 0 fully saturated rings. The van der Waals surface area contributed by atoms with Gasteiger partial charge in [0.1, 0.15) is 11.5 Å². The summed E-state index contributed by atoms with van der Waals surface area (Å²) in [6, 6.07) is 16.5. The number of phenolic OH excluding ortho intramolecular Hbond substituents is 2. The van der Waals surface area contributed by atoms with Crippen LogP contribution in [0.5, 0.6) is 11.5 Å². The van der Waals surface area contributed by atoms with E-state index in [1.54, 1.807) is 24.3 Å². The number of benzene rings is 3. The van der Waals surface area contributed by atoms with E-state index in [1.165, 1.54) is 24.3 Å². The van der Waals surface area contributed by atoms with Crippen molar-refractivity contribution >= 4 is 5.97 Å². The number of carboxylic acid groups (broad SMARTS) is 1. The van der Waals surface area contributed by atoms with Crippen molar-refractivity contribution in [1.29, 1.82) is 0 Å². The van der Waals surface area contributed by atoms with Gasteiger partial charge in [-0.25, -0.2) is 4.79 Å². The summed E-state index contributed by atoms with van der Waals surface area (Å²) in [5.74, 6) is -0.773. The summed E-state index contributed by atoms with van der Waals surface area (Å²) in [5.41, 5.74) is 3.72. The van der Waals surface area contributed by atoms with Gasteiger partial charge in [-0.05, 0) is 59.0 Å². The van der Waals surface area contributed by atoms with E-state index in [2.05, 4.69) is 0 Å². The summed E-state index contributed by atoms with van der Waals surface area (Å²) in [5, 5.41) is 28.7. The van der Waals surface area contributed by atoms with Crippen molar-refractivity contribution in [3.8, 4) is 33.8 Å². The largest absolute Gasteiger partial charge is 0.508 e. The molecule has 0 radical (unpaired) electrons. The summed E-state index contributed by atoms with van der Waals surface area (Å²) >= 11 is 0. The second-order valence-corrected chi connectivity index (χ2v) is 5.63. The van der Waals surface area contributed by atoms with Gasteiger partial charge in [0.15, 0.2) is 0 Å². The quantitative estimate of drug-likeness (QED) is 0.667. The molecule has 3 aromatic rings. The summed E-state index contributed by atoms with van der Waals surface area (Å²) in [6.07, 6.45) is 0. The summed E-state index contributed by atoms with van der Waals surface area (Å²) in [4.78, 5) is 11.9. The number of hydrogen-bond donors (Lipinski definition) is 3. The van der Waals surface area contributed by atoms with Crippen LogP contribution in [-0.4, -0.2) is 21.3 Å². The Morgan fingerprint density at radius 1 is 0.750 bits per heavy atom. The molecule has 0 unspecified atom stereocenters. The highest BCUT2D eigenvalue weighted by Crippen LogP contribution is 2.35. The maximum absolute atomic E-state index is 11.9. The van der Waals surface area contributed by atoms with Crippen LogP contribution < -0.4 is 0 Å². The molecule has 0 aromatic heterocycles. The topological polar surface area (TPSA) is 77.8 Å². The van der Waals surface area contributed by atoms with Crippen LogP contribution in [0.4, 0.5) is 0 Å². The van der Waals surface area contributed by atoms with Gasteiger partial charge in [0, 0.05) is 0 Å². The fraction of sp³-hybridized carbons (Fsp3) is 0.0500. The fourth-order valence-corrected chi connectivity index (χ4v) is 2.75. The number of phenols is 2. The molecule has 0 saturated heterocycles. The van der Waals surface area contributed by atoms with Gasteiger partial charge in [-0.2, -0.15) is 0 Å². The lowest BCUT2D eigenvalue weighted by Crippen LogP contribution is -2.03. The van der Waals surface area contributed by atoms with Gasteiger partial charge in [-0.15, -0.1) is 0 Å². The minimum Gasteiger partial charge on any atom is -0.508 e. The standard InChI is InChI=1S/C20H16O4/c1-12-10-17(13-2-6-15(21)7-3-13)19(20(23)24)18(11-12)14-4-8-16(22)9-5-14/h2-11,21-22H,1H3,(H,23,24). The van der Waals surface area contributed by atoms with E-state index in [0.717, 1.165) is 5.56 Å². The van der Waals surface area contributed by atoms with Crippen LogP contribution in [-0.2, 0) is 0 Å². The Balaban J connectivity index is 2.28. The highest BCUT2D eigenvalue weighted by atomic mass is 16.4. The minimum atomic E-state index is -1.03. The van der Waals surface area contributed by atoms with Crippen molar-refractivity contribution in [3.63, 3.8) is 0 Å². The third kappa shape index (κ3) is 2.94. The molecule has 0 aliphatic heterocycles. The molecular weight excluding hydrogens is 304 g/mol. The molecule has 3 aromatic carbocycles. The second-order valence-electron chi connectivity index (χ2n) is 5.63. The SMILES string of the molecule is Cc1cc(-c2ccc(O)cc2)c(C(=O)O)c(-c2ccc(O)cc2)c1. The smallest absolute Gasteiger partial charge is 0.336 e. The van der Waals surface area contributed by atoms with Gasteiger partial charge in [-0.1, -0.05) is 36.4 Å². The Labute approximate surface area is 139 Å². The lowest BCUT2D eigenvalue weighted by atomic mass is 9.90. The van der Waals surface area contributed by atoms with E-state index in [4.69, 9.17) is 0 Å². The Hall–Kier alpha value is -3.27.